The molecule has 0 bridgehead atoms. The van der Waals surface area contributed by atoms with E-state index < -0.39 is 0 Å². The van der Waals surface area contributed by atoms with Crippen LogP contribution in [0.15, 0.2) is 60.7 Å². The molecule has 0 aromatic heterocycles. The summed E-state index contributed by atoms with van der Waals surface area (Å²) < 4.78 is 0. The fraction of sp³-hybridized carbons (Fsp3) is 0.188. The Morgan fingerprint density at radius 1 is 0.842 bits per heavy atom. The third-order valence-corrected chi connectivity index (χ3v) is 3.77. The predicted molar refractivity (Wildman–Crippen MR) is 87.5 cm³/mol. The number of nitrogens with one attached hydrogen (secondary N) is 1. The van der Waals surface area contributed by atoms with Crippen molar-refractivity contribution in [3.63, 3.8) is 0 Å². The van der Waals surface area contributed by atoms with E-state index in [1.54, 1.807) is 11.8 Å². The van der Waals surface area contributed by atoms with Gasteiger partial charge in [0.05, 0.1) is 5.04 Å². The summed E-state index contributed by atoms with van der Waals surface area (Å²) in [4.78, 5) is 0. The summed E-state index contributed by atoms with van der Waals surface area (Å²) in [5.74, 6) is 0.897. The van der Waals surface area contributed by atoms with Gasteiger partial charge < -0.3 is 0 Å². The lowest BCUT2D eigenvalue weighted by atomic mass is 10.1. The molecule has 0 aliphatic heterocycles. The van der Waals surface area contributed by atoms with E-state index in [1.165, 1.54) is 11.1 Å². The minimum Gasteiger partial charge on any atom is -0.298 e. The zero-order chi connectivity index (χ0) is 12.6. The van der Waals surface area contributed by atoms with Crippen LogP contribution in [0.5, 0.6) is 0 Å². The van der Waals surface area contributed by atoms with Crippen molar-refractivity contribution >= 4 is 29.2 Å². The first-order chi connectivity index (χ1) is 8.84. The fourth-order valence-corrected chi connectivity index (χ4v) is 2.50. The van der Waals surface area contributed by atoms with Crippen LogP contribution in [0.25, 0.3) is 0 Å². The first-order valence-corrected chi connectivity index (χ1v) is 7.11. The quantitative estimate of drug-likeness (QED) is 0.611. The molecule has 0 saturated carbocycles. The van der Waals surface area contributed by atoms with E-state index in [4.69, 9.17) is 5.41 Å². The van der Waals surface area contributed by atoms with Crippen LogP contribution in [0.1, 0.15) is 17.5 Å². The number of rotatable bonds is 5. The summed E-state index contributed by atoms with van der Waals surface area (Å²) in [6.07, 6.45) is 1.79. The van der Waals surface area contributed by atoms with Crippen LogP contribution in [0.4, 0.5) is 0 Å². The van der Waals surface area contributed by atoms with E-state index in [1.807, 2.05) is 24.3 Å². The molecule has 0 heterocycles. The average molecular weight is 292 g/mol. The van der Waals surface area contributed by atoms with Gasteiger partial charge in [0.1, 0.15) is 0 Å². The van der Waals surface area contributed by atoms with Crippen LogP contribution in [0, 0.1) is 5.41 Å². The molecule has 0 spiro atoms. The van der Waals surface area contributed by atoms with E-state index >= 15 is 0 Å². The van der Waals surface area contributed by atoms with E-state index in [0.29, 0.717) is 0 Å². The van der Waals surface area contributed by atoms with Crippen molar-refractivity contribution in [3.8, 4) is 0 Å². The monoisotopic (exact) mass is 291 g/mol. The number of aryl methyl sites for hydroxylation is 1. The number of benzene rings is 2. The second-order valence-electron chi connectivity index (χ2n) is 4.18. The van der Waals surface area contributed by atoms with E-state index in [9.17, 15) is 0 Å². The zero-order valence-corrected chi connectivity index (χ0v) is 12.3. The van der Waals surface area contributed by atoms with Crippen molar-refractivity contribution in [2.24, 2.45) is 0 Å². The Balaban J connectivity index is 0.00000180. The van der Waals surface area contributed by atoms with Gasteiger partial charge in [0.2, 0.25) is 0 Å². The van der Waals surface area contributed by atoms with Crippen molar-refractivity contribution in [2.45, 2.75) is 18.6 Å². The lowest BCUT2D eigenvalue weighted by Gasteiger charge is -2.04. The molecule has 0 saturated heterocycles. The van der Waals surface area contributed by atoms with Crippen LogP contribution in [0.2, 0.25) is 0 Å². The highest BCUT2D eigenvalue weighted by Crippen LogP contribution is 2.16. The molecule has 19 heavy (non-hydrogen) atoms. The van der Waals surface area contributed by atoms with Gasteiger partial charge in [-0.1, -0.05) is 60.7 Å². The molecular weight excluding hydrogens is 274 g/mol. The topological polar surface area (TPSA) is 23.9 Å². The first kappa shape index (κ1) is 15.8. The Hall–Kier alpha value is -1.25. The molecule has 1 nitrogen and oxygen atoms in total. The molecule has 2 aromatic rings. The number of halogens is 1. The lowest BCUT2D eigenvalue weighted by molar-refractivity contribution is 1.04. The van der Waals surface area contributed by atoms with Crippen LogP contribution in [-0.4, -0.2) is 5.04 Å². The maximum absolute atomic E-state index is 7.95. The van der Waals surface area contributed by atoms with Crippen molar-refractivity contribution in [3.05, 3.63) is 71.8 Å². The number of hydrogen-bond acceptors (Lipinski definition) is 2. The molecule has 0 radical (unpaired) electrons. The zero-order valence-electron chi connectivity index (χ0n) is 10.7. The van der Waals surface area contributed by atoms with Gasteiger partial charge in [-0.25, -0.2) is 0 Å². The summed E-state index contributed by atoms with van der Waals surface area (Å²) in [5, 5.41) is 8.72. The normalized spacial score (nSPS) is 9.68. The highest BCUT2D eigenvalue weighted by Gasteiger charge is 2.00. The Morgan fingerprint density at radius 2 is 1.37 bits per heavy atom. The van der Waals surface area contributed by atoms with Crippen LogP contribution in [-0.2, 0) is 12.2 Å². The van der Waals surface area contributed by atoms with Gasteiger partial charge in [-0.2, -0.15) is 0 Å². The van der Waals surface area contributed by atoms with Crippen LogP contribution < -0.4 is 0 Å². The molecule has 0 aliphatic carbocycles. The Bertz CT molecular complexity index is 439. The smallest absolute Gasteiger partial charge is 0.0648 e. The Labute approximate surface area is 125 Å². The molecule has 0 unspecified atom stereocenters. The molecule has 100 valence electrons. The highest BCUT2D eigenvalue weighted by atomic mass is 35.5. The SMILES string of the molecule is Cl.N=C(CCc1ccccc1)SCc1ccccc1. The van der Waals surface area contributed by atoms with Crippen molar-refractivity contribution in [1.29, 1.82) is 5.41 Å². The molecular formula is C16H18ClNS. The van der Waals surface area contributed by atoms with Gasteiger partial charge in [-0.15, -0.1) is 24.2 Å². The molecule has 0 fully saturated rings. The maximum atomic E-state index is 7.95. The fourth-order valence-electron chi connectivity index (χ4n) is 1.72. The molecule has 0 atom stereocenters. The number of thioether (sulfide) groups is 1. The maximum Gasteiger partial charge on any atom is 0.0648 e. The third kappa shape index (κ3) is 5.95. The summed E-state index contributed by atoms with van der Waals surface area (Å²) in [5.41, 5.74) is 2.59. The molecule has 2 rings (SSSR count). The minimum absolute atomic E-state index is 0. The second-order valence-corrected chi connectivity index (χ2v) is 5.25. The highest BCUT2D eigenvalue weighted by molar-refractivity contribution is 8.13. The average Bonchev–Trinajstić information content (AvgIpc) is 2.45. The van der Waals surface area contributed by atoms with Gasteiger partial charge in [0.25, 0.3) is 0 Å². The molecule has 0 aliphatic rings. The summed E-state index contributed by atoms with van der Waals surface area (Å²) in [6.45, 7) is 0. The standard InChI is InChI=1S/C16H17NS.ClH/c17-16(12-11-14-7-3-1-4-8-14)18-13-15-9-5-2-6-10-15;/h1-10,17H,11-13H2;1H. The number of hydrogen-bond donors (Lipinski definition) is 1. The van der Waals surface area contributed by atoms with E-state index in [-0.39, 0.29) is 12.4 Å². The van der Waals surface area contributed by atoms with E-state index in [0.717, 1.165) is 23.6 Å². The molecule has 3 heteroatoms. The predicted octanol–water partition coefficient (Wildman–Crippen LogP) is 4.95. The van der Waals surface area contributed by atoms with Gasteiger partial charge in [0.15, 0.2) is 0 Å². The third-order valence-electron chi connectivity index (χ3n) is 2.74. The minimum atomic E-state index is 0. The van der Waals surface area contributed by atoms with Gasteiger partial charge in [0, 0.05) is 5.75 Å². The molecule has 2 aromatic carbocycles. The van der Waals surface area contributed by atoms with Gasteiger partial charge in [-0.05, 0) is 24.0 Å². The largest absolute Gasteiger partial charge is 0.298 e. The summed E-state index contributed by atoms with van der Waals surface area (Å²) in [7, 11) is 0. The van der Waals surface area contributed by atoms with Crippen molar-refractivity contribution < 1.29 is 0 Å². The van der Waals surface area contributed by atoms with E-state index in [2.05, 4.69) is 36.4 Å². The molecule has 0 amide bonds. The van der Waals surface area contributed by atoms with Crippen molar-refractivity contribution in [2.75, 3.05) is 0 Å². The summed E-state index contributed by atoms with van der Waals surface area (Å²) in [6, 6.07) is 20.7. The van der Waals surface area contributed by atoms with Gasteiger partial charge >= 0.3 is 0 Å². The molecule has 1 N–H and O–H groups in total. The van der Waals surface area contributed by atoms with Crippen LogP contribution in [0.3, 0.4) is 0 Å². The Morgan fingerprint density at radius 3 is 1.95 bits per heavy atom. The van der Waals surface area contributed by atoms with Gasteiger partial charge in [-0.3, -0.25) is 5.41 Å². The lowest BCUT2D eigenvalue weighted by Crippen LogP contribution is -1.95. The first-order valence-electron chi connectivity index (χ1n) is 6.12. The second kappa shape index (κ2) is 8.78. The summed E-state index contributed by atoms with van der Waals surface area (Å²) >= 11 is 1.63. The Kier molecular flexibility index (Phi) is 7.31. The van der Waals surface area contributed by atoms with Crippen LogP contribution >= 0.6 is 24.2 Å². The van der Waals surface area contributed by atoms with Crippen molar-refractivity contribution in [1.82, 2.24) is 0 Å².